The summed E-state index contributed by atoms with van der Waals surface area (Å²) in [5.74, 6) is 1.46. The number of aromatic nitrogens is 1. The average molecular weight is 435 g/mol. The van der Waals surface area contributed by atoms with E-state index in [2.05, 4.69) is 29.4 Å². The second kappa shape index (κ2) is 8.78. The van der Waals surface area contributed by atoms with Crippen LogP contribution in [0.15, 0.2) is 48.7 Å². The molecule has 5 heteroatoms. The first-order valence-corrected chi connectivity index (χ1v) is 11.8. The Balaban J connectivity index is 1.38. The van der Waals surface area contributed by atoms with Crippen LogP contribution in [0.5, 0.6) is 0 Å². The topological polar surface area (TPSA) is 51.2 Å². The summed E-state index contributed by atoms with van der Waals surface area (Å²) >= 11 is 0. The molecule has 1 N–H and O–H groups in total. The molecule has 0 spiro atoms. The van der Waals surface area contributed by atoms with E-state index in [4.69, 9.17) is 4.74 Å². The van der Waals surface area contributed by atoms with E-state index in [1.165, 1.54) is 25.0 Å². The molecule has 0 unspecified atom stereocenters. The Bertz CT molecular complexity index is 1000. The van der Waals surface area contributed by atoms with Crippen LogP contribution in [0.3, 0.4) is 0 Å². The van der Waals surface area contributed by atoms with Crippen molar-refractivity contribution in [3.63, 3.8) is 0 Å². The molecule has 0 amide bonds. The molecule has 3 fully saturated rings. The second-order valence-electron chi connectivity index (χ2n) is 9.70. The van der Waals surface area contributed by atoms with Gasteiger partial charge in [-0.1, -0.05) is 24.3 Å². The minimum atomic E-state index is -0.247. The number of esters is 1. The van der Waals surface area contributed by atoms with Crippen molar-refractivity contribution in [3.8, 4) is 11.1 Å². The summed E-state index contributed by atoms with van der Waals surface area (Å²) in [5.41, 5.74) is 2.60. The highest BCUT2D eigenvalue weighted by Crippen LogP contribution is 2.53. The van der Waals surface area contributed by atoms with Gasteiger partial charge in [0.25, 0.3) is 0 Å². The van der Waals surface area contributed by atoms with Crippen LogP contribution in [-0.2, 0) is 9.53 Å². The first kappa shape index (κ1) is 21.3. The number of allylic oxidation sites excluding steroid dienone is 1. The molecular formula is C27H31FN2O2. The lowest BCUT2D eigenvalue weighted by Gasteiger charge is -2.47. The van der Waals surface area contributed by atoms with Crippen LogP contribution in [0.2, 0.25) is 0 Å². The number of fused-ring (bicyclic) bond motifs is 2. The van der Waals surface area contributed by atoms with Gasteiger partial charge < -0.3 is 10.1 Å². The largest absolute Gasteiger partial charge is 0.462 e. The summed E-state index contributed by atoms with van der Waals surface area (Å²) in [6.07, 6.45) is 10.6. The maximum Gasteiger partial charge on any atom is 0.309 e. The minimum Gasteiger partial charge on any atom is -0.462 e. The van der Waals surface area contributed by atoms with Crippen molar-refractivity contribution in [3.05, 3.63) is 60.2 Å². The fraction of sp³-hybridized carbons (Fsp3) is 0.481. The van der Waals surface area contributed by atoms with Crippen LogP contribution in [-0.4, -0.2) is 30.1 Å². The second-order valence-corrected chi connectivity index (χ2v) is 9.70. The van der Waals surface area contributed by atoms with Crippen molar-refractivity contribution in [2.75, 3.05) is 7.05 Å². The molecule has 1 aromatic carbocycles. The van der Waals surface area contributed by atoms with Crippen LogP contribution in [0.1, 0.15) is 38.3 Å². The van der Waals surface area contributed by atoms with E-state index >= 15 is 0 Å². The molecular weight excluding hydrogens is 403 g/mol. The van der Waals surface area contributed by atoms with E-state index in [1.807, 2.05) is 25.2 Å². The van der Waals surface area contributed by atoms with E-state index in [0.29, 0.717) is 23.8 Å². The Morgan fingerprint density at radius 3 is 2.78 bits per heavy atom. The van der Waals surface area contributed by atoms with Crippen molar-refractivity contribution in [1.29, 1.82) is 0 Å². The van der Waals surface area contributed by atoms with Gasteiger partial charge in [-0.05, 0) is 87.2 Å². The number of carbonyl (C=O) groups excluding carboxylic acids is 1. The smallest absolute Gasteiger partial charge is 0.309 e. The molecule has 168 valence electrons. The van der Waals surface area contributed by atoms with Crippen molar-refractivity contribution in [1.82, 2.24) is 10.3 Å². The highest BCUT2D eigenvalue weighted by Gasteiger charge is 2.54. The molecule has 4 nitrogen and oxygen atoms in total. The maximum atomic E-state index is 13.5. The molecule has 1 aliphatic heterocycles. The van der Waals surface area contributed by atoms with Gasteiger partial charge in [0.1, 0.15) is 11.9 Å². The number of nitrogens with zero attached hydrogens (tertiary/aromatic N) is 1. The Morgan fingerprint density at radius 1 is 1.16 bits per heavy atom. The van der Waals surface area contributed by atoms with Crippen LogP contribution >= 0.6 is 0 Å². The third-order valence-electron chi connectivity index (χ3n) is 7.99. The van der Waals surface area contributed by atoms with Crippen LogP contribution in [0.25, 0.3) is 17.2 Å². The SMILES string of the molecule is CN[C@@H]1CC[C@@H]2[C@@H](C1)C[C@H]1C(=O)O[C@H](C)[C@H]1[C@H]2C=Cc1ccc(-c2cccc(F)c2)cn1. The third kappa shape index (κ3) is 3.99. The first-order valence-electron chi connectivity index (χ1n) is 11.8. The number of halogens is 1. The zero-order valence-electron chi connectivity index (χ0n) is 18.7. The van der Waals surface area contributed by atoms with Gasteiger partial charge in [-0.3, -0.25) is 9.78 Å². The summed E-state index contributed by atoms with van der Waals surface area (Å²) in [6.45, 7) is 2.05. The Hall–Kier alpha value is -2.53. The quantitative estimate of drug-likeness (QED) is 0.680. The summed E-state index contributed by atoms with van der Waals surface area (Å²) in [7, 11) is 2.04. The molecule has 2 aromatic rings. The summed E-state index contributed by atoms with van der Waals surface area (Å²) in [5, 5.41) is 3.44. The third-order valence-corrected chi connectivity index (χ3v) is 7.99. The van der Waals surface area contributed by atoms with E-state index < -0.39 is 0 Å². The zero-order valence-corrected chi connectivity index (χ0v) is 18.7. The monoisotopic (exact) mass is 434 g/mol. The lowest BCUT2D eigenvalue weighted by atomic mass is 9.57. The van der Waals surface area contributed by atoms with Crippen LogP contribution < -0.4 is 5.32 Å². The van der Waals surface area contributed by atoms with Gasteiger partial charge in [0, 0.05) is 23.7 Å². The van der Waals surface area contributed by atoms with E-state index in [9.17, 15) is 9.18 Å². The van der Waals surface area contributed by atoms with Crippen molar-refractivity contribution < 1.29 is 13.9 Å². The normalized spacial score (nSPS) is 34.2. The summed E-state index contributed by atoms with van der Waals surface area (Å²) in [6, 6.07) is 11.1. The van der Waals surface area contributed by atoms with Gasteiger partial charge in [-0.25, -0.2) is 4.39 Å². The lowest BCUT2D eigenvalue weighted by molar-refractivity contribution is -0.144. The van der Waals surface area contributed by atoms with E-state index in [1.54, 1.807) is 12.3 Å². The number of ether oxygens (including phenoxy) is 1. The number of hydrogen-bond donors (Lipinski definition) is 1. The molecule has 1 saturated heterocycles. The van der Waals surface area contributed by atoms with Crippen LogP contribution in [0, 0.1) is 35.4 Å². The van der Waals surface area contributed by atoms with Gasteiger partial charge in [0.05, 0.1) is 11.6 Å². The molecule has 3 aliphatic rings. The van der Waals surface area contributed by atoms with Crippen LogP contribution in [0.4, 0.5) is 4.39 Å². The Labute approximate surface area is 189 Å². The Morgan fingerprint density at radius 2 is 2.03 bits per heavy atom. The molecule has 7 atom stereocenters. The average Bonchev–Trinajstić information content (AvgIpc) is 3.09. The fourth-order valence-electron chi connectivity index (χ4n) is 6.43. The number of cyclic esters (lactones) is 1. The summed E-state index contributed by atoms with van der Waals surface area (Å²) < 4.78 is 19.2. The standard InChI is InChI=1S/C27H31FN2O2/c1-16-26-24(23-10-9-22(29-2)13-19(23)14-25(26)27(31)32-16)11-8-21-7-6-18(15-30-21)17-4-3-5-20(28)12-17/h3-8,11-12,15-16,19,22-26,29H,9-10,13-14H2,1-2H3/t16-,19+,22-,23-,24+,25-,26+/m1/s1. The summed E-state index contributed by atoms with van der Waals surface area (Å²) in [4.78, 5) is 17.2. The number of hydrogen-bond acceptors (Lipinski definition) is 4. The number of nitrogens with one attached hydrogen (secondary N) is 1. The fourth-order valence-corrected chi connectivity index (χ4v) is 6.43. The van der Waals surface area contributed by atoms with Gasteiger partial charge in [-0.15, -0.1) is 0 Å². The zero-order chi connectivity index (χ0) is 22.2. The molecule has 2 saturated carbocycles. The maximum absolute atomic E-state index is 13.5. The number of pyridine rings is 1. The van der Waals surface area contributed by atoms with Gasteiger partial charge in [-0.2, -0.15) is 0 Å². The van der Waals surface area contributed by atoms with Crippen molar-refractivity contribution >= 4 is 12.0 Å². The predicted octanol–water partition coefficient (Wildman–Crippen LogP) is 5.10. The predicted molar refractivity (Wildman–Crippen MR) is 123 cm³/mol. The first-order chi connectivity index (χ1) is 15.5. The number of benzene rings is 1. The molecule has 32 heavy (non-hydrogen) atoms. The van der Waals surface area contributed by atoms with Crippen molar-refractivity contribution in [2.45, 2.75) is 44.8 Å². The molecule has 2 heterocycles. The highest BCUT2D eigenvalue weighted by molar-refractivity contribution is 5.75. The Kier molecular flexibility index (Phi) is 5.85. The number of carbonyl (C=O) groups is 1. The van der Waals surface area contributed by atoms with Gasteiger partial charge in [0.15, 0.2) is 0 Å². The highest BCUT2D eigenvalue weighted by atomic mass is 19.1. The number of rotatable bonds is 4. The molecule has 0 radical (unpaired) electrons. The van der Waals surface area contributed by atoms with Gasteiger partial charge in [0.2, 0.25) is 0 Å². The lowest BCUT2D eigenvalue weighted by Crippen LogP contribution is -2.46. The molecule has 2 aliphatic carbocycles. The molecule has 1 aromatic heterocycles. The molecule has 0 bridgehead atoms. The minimum absolute atomic E-state index is 0.0106. The molecule has 5 rings (SSSR count). The van der Waals surface area contributed by atoms with E-state index in [0.717, 1.165) is 29.7 Å². The van der Waals surface area contributed by atoms with Gasteiger partial charge >= 0.3 is 5.97 Å². The van der Waals surface area contributed by atoms with Crippen molar-refractivity contribution in [2.24, 2.45) is 29.6 Å². The van der Waals surface area contributed by atoms with E-state index in [-0.39, 0.29) is 29.7 Å².